The molecular weight excluding hydrogens is 254 g/mol. The number of amides is 1. The molecule has 1 aliphatic rings. The summed E-state index contributed by atoms with van der Waals surface area (Å²) in [6, 6.07) is 7.24. The lowest BCUT2D eigenvalue weighted by Crippen LogP contribution is -2.33. The smallest absolute Gasteiger partial charge is 0.253 e. The largest absolute Gasteiger partial charge is 0.494 e. The second-order valence-electron chi connectivity index (χ2n) is 5.70. The monoisotopic (exact) mass is 277 g/mol. The van der Waals surface area contributed by atoms with Gasteiger partial charge in [0.15, 0.2) is 0 Å². The van der Waals surface area contributed by atoms with Crippen LogP contribution in [0.15, 0.2) is 24.3 Å². The van der Waals surface area contributed by atoms with Gasteiger partial charge in [-0.3, -0.25) is 4.79 Å². The highest BCUT2D eigenvalue weighted by atomic mass is 16.5. The first-order chi connectivity index (χ1) is 9.52. The van der Waals surface area contributed by atoms with Gasteiger partial charge in [-0.15, -0.1) is 0 Å². The number of β-amino-alcohol motifs (C(OH)–C–C–N with tert-alkyl or cyclic N) is 1. The highest BCUT2D eigenvalue weighted by Gasteiger charge is 2.34. The number of ether oxygens (including phenoxy) is 1. The number of unbranched alkanes of at least 4 members (excludes halogenated alkanes) is 1. The summed E-state index contributed by atoms with van der Waals surface area (Å²) >= 11 is 0. The van der Waals surface area contributed by atoms with Crippen molar-refractivity contribution in [1.29, 1.82) is 0 Å². The molecule has 0 aromatic heterocycles. The lowest BCUT2D eigenvalue weighted by atomic mass is 10.1. The van der Waals surface area contributed by atoms with E-state index < -0.39 is 5.60 Å². The Morgan fingerprint density at radius 2 is 2.10 bits per heavy atom. The number of rotatable bonds is 5. The van der Waals surface area contributed by atoms with Crippen LogP contribution in [-0.2, 0) is 0 Å². The van der Waals surface area contributed by atoms with Gasteiger partial charge in [-0.25, -0.2) is 0 Å². The van der Waals surface area contributed by atoms with Crippen molar-refractivity contribution >= 4 is 5.91 Å². The molecule has 0 spiro atoms. The molecule has 1 heterocycles. The quantitative estimate of drug-likeness (QED) is 0.841. The van der Waals surface area contributed by atoms with Gasteiger partial charge in [0.2, 0.25) is 0 Å². The molecule has 1 fully saturated rings. The zero-order chi connectivity index (χ0) is 14.6. The van der Waals surface area contributed by atoms with Gasteiger partial charge >= 0.3 is 0 Å². The van der Waals surface area contributed by atoms with Crippen molar-refractivity contribution in [3.8, 4) is 5.75 Å². The number of carbonyl (C=O) groups is 1. The van der Waals surface area contributed by atoms with E-state index in [0.29, 0.717) is 31.7 Å². The maximum atomic E-state index is 12.3. The highest BCUT2D eigenvalue weighted by Crippen LogP contribution is 2.22. The fraction of sp³-hybridized carbons (Fsp3) is 0.562. The molecule has 1 saturated heterocycles. The van der Waals surface area contributed by atoms with Crippen LogP contribution in [0.3, 0.4) is 0 Å². The van der Waals surface area contributed by atoms with Gasteiger partial charge in [-0.2, -0.15) is 0 Å². The molecule has 4 heteroatoms. The molecule has 1 amide bonds. The van der Waals surface area contributed by atoms with Gasteiger partial charge in [-0.05, 0) is 44.0 Å². The van der Waals surface area contributed by atoms with Crippen LogP contribution < -0.4 is 4.74 Å². The third-order valence-corrected chi connectivity index (χ3v) is 3.61. The molecule has 1 N–H and O–H groups in total. The van der Waals surface area contributed by atoms with E-state index in [1.54, 1.807) is 24.0 Å². The average Bonchev–Trinajstić information content (AvgIpc) is 2.79. The Balaban J connectivity index is 1.94. The highest BCUT2D eigenvalue weighted by molar-refractivity contribution is 5.94. The summed E-state index contributed by atoms with van der Waals surface area (Å²) in [7, 11) is 0. The maximum Gasteiger partial charge on any atom is 0.253 e. The fourth-order valence-corrected chi connectivity index (χ4v) is 2.33. The number of nitrogens with zero attached hydrogens (tertiary/aromatic N) is 1. The average molecular weight is 277 g/mol. The number of likely N-dealkylation sites (tertiary alicyclic amines) is 1. The zero-order valence-corrected chi connectivity index (χ0v) is 12.3. The number of hydrogen-bond acceptors (Lipinski definition) is 3. The molecule has 0 bridgehead atoms. The Bertz CT molecular complexity index is 453. The summed E-state index contributed by atoms with van der Waals surface area (Å²) in [5.74, 6) is 0.770. The van der Waals surface area contributed by atoms with E-state index in [1.165, 1.54) is 0 Å². The summed E-state index contributed by atoms with van der Waals surface area (Å²) in [4.78, 5) is 14.0. The number of carbonyl (C=O) groups excluding carboxylic acids is 1. The predicted molar refractivity (Wildman–Crippen MR) is 78.0 cm³/mol. The number of hydrogen-bond donors (Lipinski definition) is 1. The van der Waals surface area contributed by atoms with Crippen LogP contribution in [0.2, 0.25) is 0 Å². The Hall–Kier alpha value is -1.55. The van der Waals surface area contributed by atoms with Gasteiger partial charge in [0, 0.05) is 18.7 Å². The molecule has 1 atom stereocenters. The minimum absolute atomic E-state index is 0.0251. The summed E-state index contributed by atoms with van der Waals surface area (Å²) in [5, 5.41) is 9.91. The standard InChI is InChI=1S/C16H23NO3/c1-3-4-11-20-14-7-5-13(6-8-14)15(18)17-10-9-16(2,19)12-17/h5-8,19H,3-4,9-12H2,1-2H3. The summed E-state index contributed by atoms with van der Waals surface area (Å²) < 4.78 is 5.57. The number of benzene rings is 1. The van der Waals surface area contributed by atoms with E-state index in [4.69, 9.17) is 4.74 Å². The van der Waals surface area contributed by atoms with E-state index in [-0.39, 0.29) is 5.91 Å². The normalized spacial score (nSPS) is 22.1. The maximum absolute atomic E-state index is 12.3. The van der Waals surface area contributed by atoms with Gasteiger partial charge < -0.3 is 14.7 Å². The molecule has 0 saturated carbocycles. The van der Waals surface area contributed by atoms with Gasteiger partial charge in [0.05, 0.1) is 12.2 Å². The van der Waals surface area contributed by atoms with Crippen LogP contribution in [0, 0.1) is 0 Å². The van der Waals surface area contributed by atoms with Crippen LogP contribution in [0.25, 0.3) is 0 Å². The molecule has 1 aromatic rings. The minimum Gasteiger partial charge on any atom is -0.494 e. The third-order valence-electron chi connectivity index (χ3n) is 3.61. The summed E-state index contributed by atoms with van der Waals surface area (Å²) in [6.45, 7) is 5.61. The Labute approximate surface area is 120 Å². The minimum atomic E-state index is -0.751. The molecular formula is C16H23NO3. The van der Waals surface area contributed by atoms with Crippen molar-refractivity contribution in [3.05, 3.63) is 29.8 Å². The van der Waals surface area contributed by atoms with E-state index in [1.807, 2.05) is 12.1 Å². The van der Waals surface area contributed by atoms with E-state index in [9.17, 15) is 9.90 Å². The van der Waals surface area contributed by atoms with E-state index in [0.717, 1.165) is 18.6 Å². The second kappa shape index (κ2) is 6.27. The Morgan fingerprint density at radius 3 is 2.65 bits per heavy atom. The molecule has 1 aromatic carbocycles. The first-order valence-corrected chi connectivity index (χ1v) is 7.26. The number of aliphatic hydroxyl groups is 1. The second-order valence-corrected chi connectivity index (χ2v) is 5.70. The van der Waals surface area contributed by atoms with Crippen LogP contribution in [0.4, 0.5) is 0 Å². The van der Waals surface area contributed by atoms with E-state index in [2.05, 4.69) is 6.92 Å². The lowest BCUT2D eigenvalue weighted by molar-refractivity contribution is 0.0572. The van der Waals surface area contributed by atoms with Crippen molar-refractivity contribution in [2.24, 2.45) is 0 Å². The van der Waals surface area contributed by atoms with Crippen molar-refractivity contribution in [1.82, 2.24) is 4.90 Å². The van der Waals surface area contributed by atoms with Crippen LogP contribution >= 0.6 is 0 Å². The SMILES string of the molecule is CCCCOc1ccc(C(=O)N2CCC(C)(O)C2)cc1. The molecule has 110 valence electrons. The first-order valence-electron chi connectivity index (χ1n) is 7.26. The van der Waals surface area contributed by atoms with Crippen molar-refractivity contribution in [2.75, 3.05) is 19.7 Å². The lowest BCUT2D eigenvalue weighted by Gasteiger charge is -2.19. The first kappa shape index (κ1) is 14.9. The van der Waals surface area contributed by atoms with Gasteiger partial charge in [0.1, 0.15) is 5.75 Å². The molecule has 0 radical (unpaired) electrons. The van der Waals surface area contributed by atoms with Crippen molar-refractivity contribution < 1.29 is 14.6 Å². The van der Waals surface area contributed by atoms with Crippen LogP contribution in [-0.4, -0.2) is 41.2 Å². The molecule has 0 aliphatic carbocycles. The summed E-state index contributed by atoms with van der Waals surface area (Å²) in [5.41, 5.74) is -0.107. The van der Waals surface area contributed by atoms with Crippen LogP contribution in [0.5, 0.6) is 5.75 Å². The zero-order valence-electron chi connectivity index (χ0n) is 12.3. The fourth-order valence-electron chi connectivity index (χ4n) is 2.33. The van der Waals surface area contributed by atoms with Gasteiger partial charge in [-0.1, -0.05) is 13.3 Å². The molecule has 1 aliphatic heterocycles. The third kappa shape index (κ3) is 3.73. The predicted octanol–water partition coefficient (Wildman–Crippen LogP) is 2.46. The molecule has 1 unspecified atom stereocenters. The molecule has 20 heavy (non-hydrogen) atoms. The summed E-state index contributed by atoms with van der Waals surface area (Å²) in [6.07, 6.45) is 2.77. The van der Waals surface area contributed by atoms with Crippen molar-refractivity contribution in [2.45, 2.75) is 38.7 Å². The molecule has 2 rings (SSSR count). The Morgan fingerprint density at radius 1 is 1.40 bits per heavy atom. The van der Waals surface area contributed by atoms with Crippen LogP contribution in [0.1, 0.15) is 43.5 Å². The molecule has 4 nitrogen and oxygen atoms in total. The topological polar surface area (TPSA) is 49.8 Å². The Kier molecular flexibility index (Phi) is 4.65. The van der Waals surface area contributed by atoms with Crippen molar-refractivity contribution in [3.63, 3.8) is 0 Å². The van der Waals surface area contributed by atoms with Gasteiger partial charge in [0.25, 0.3) is 5.91 Å². The van der Waals surface area contributed by atoms with E-state index >= 15 is 0 Å².